The van der Waals surface area contributed by atoms with Gasteiger partial charge in [-0.25, -0.2) is 35.3 Å². The monoisotopic (exact) mass is 776 g/mol. The molecule has 19 nitrogen and oxygen atoms in total. The number of aromatic nitrogens is 8. The van der Waals surface area contributed by atoms with Crippen molar-refractivity contribution in [2.24, 2.45) is 5.92 Å². The van der Waals surface area contributed by atoms with Gasteiger partial charge in [-0.3, -0.25) is 29.0 Å². The van der Waals surface area contributed by atoms with E-state index in [1.165, 1.54) is 12.5 Å². The molecule has 1 saturated heterocycles. The first-order chi connectivity index (χ1) is 23.7. The maximum Gasteiger partial charge on any atom is 0.327 e. The number of nitrogens with zero attached hydrogens (tertiary/aromatic N) is 8. The summed E-state index contributed by atoms with van der Waals surface area (Å²) < 4.78 is 69.2. The third kappa shape index (κ3) is 7.51. The molecule has 2 aliphatic rings. The lowest BCUT2D eigenvalue weighted by Crippen LogP contribution is -2.42. The number of imidazole rings is 2. The van der Waals surface area contributed by atoms with Gasteiger partial charge in [-0.05, 0) is 23.6 Å². The van der Waals surface area contributed by atoms with E-state index < -0.39 is 68.4 Å². The molecule has 2 bridgehead atoms. The molecular weight excluding hydrogens is 748 g/mol. The van der Waals surface area contributed by atoms with Gasteiger partial charge in [0.25, 0.3) is 5.56 Å². The summed E-state index contributed by atoms with van der Waals surface area (Å²) in [4.78, 5) is 62.7. The number of rotatable bonds is 6. The summed E-state index contributed by atoms with van der Waals surface area (Å²) in [7, 11) is 0. The minimum atomic E-state index is -4.53. The van der Waals surface area contributed by atoms with Gasteiger partial charge in [0, 0.05) is 12.5 Å². The van der Waals surface area contributed by atoms with Gasteiger partial charge in [0.15, 0.2) is 35.2 Å². The standard InChI is InChI=1S/C25H28F2N10O9P2S2/c1-13(2)21(38)34-24-33-20-17(22(39)35-24)31-12-37(20)23-18-25(26,27)15(45-23)9-44-48(50,41-6-4-28-3)42-7-5-36-16(10-43-47(40,49)46-18)32-14-8-29-11-30-19(14)36/h8,11-13,15,18,23H,4-7,9-10H2,1-2H3,(H,40,49)(H2,33,34,35,38,39)/t15-,18+,23-,47?,48?/m1/s1. The van der Waals surface area contributed by atoms with Crippen LogP contribution >= 0.6 is 13.4 Å². The number of nitrogens with one attached hydrogen (secondary N) is 2. The lowest BCUT2D eigenvalue weighted by molar-refractivity contribution is -0.119. The van der Waals surface area contributed by atoms with Crippen LogP contribution in [-0.2, 0) is 68.9 Å². The molecule has 50 heavy (non-hydrogen) atoms. The van der Waals surface area contributed by atoms with E-state index in [9.17, 15) is 14.5 Å². The molecule has 0 saturated carbocycles. The van der Waals surface area contributed by atoms with Crippen molar-refractivity contribution in [1.82, 2.24) is 39.0 Å². The molecular formula is C25H28F2N10O9P2S2. The van der Waals surface area contributed by atoms with E-state index in [1.54, 1.807) is 18.4 Å². The quantitative estimate of drug-likeness (QED) is 0.146. The lowest BCUT2D eigenvalue weighted by Gasteiger charge is -2.28. The van der Waals surface area contributed by atoms with Gasteiger partial charge < -0.3 is 37.1 Å². The van der Waals surface area contributed by atoms with Crippen LogP contribution in [0.15, 0.2) is 23.6 Å². The zero-order valence-corrected chi connectivity index (χ0v) is 29.5. The van der Waals surface area contributed by atoms with Gasteiger partial charge >= 0.3 is 19.4 Å². The van der Waals surface area contributed by atoms with Crippen LogP contribution in [0, 0.1) is 12.5 Å². The second kappa shape index (κ2) is 14.4. The Morgan fingerprint density at radius 1 is 1.28 bits per heavy atom. The number of carbonyl (C=O) groups excluding carboxylic acids is 1. The maximum atomic E-state index is 16.4. The zero-order valence-electron chi connectivity index (χ0n) is 26.0. The Kier molecular flexibility index (Phi) is 10.5. The molecule has 1 amide bonds. The molecule has 2 unspecified atom stereocenters. The molecule has 268 valence electrons. The fourth-order valence-electron chi connectivity index (χ4n) is 4.92. The molecule has 6 rings (SSSR count). The normalized spacial score (nSPS) is 27.4. The highest BCUT2D eigenvalue weighted by atomic mass is 32.5. The third-order valence-corrected chi connectivity index (χ3v) is 11.3. The van der Waals surface area contributed by atoms with E-state index in [-0.39, 0.29) is 49.2 Å². The Balaban J connectivity index is 1.41. The predicted octanol–water partition coefficient (Wildman–Crippen LogP) is 2.41. The summed E-state index contributed by atoms with van der Waals surface area (Å²) in [6, 6.07) is 0. The van der Waals surface area contributed by atoms with Crippen molar-refractivity contribution in [2.75, 3.05) is 31.7 Å². The number of anilines is 1. The fourth-order valence-corrected chi connectivity index (χ4v) is 8.01. The van der Waals surface area contributed by atoms with E-state index >= 15 is 8.78 Å². The number of aromatic amines is 1. The minimum Gasteiger partial charge on any atom is -0.343 e. The van der Waals surface area contributed by atoms with Crippen LogP contribution < -0.4 is 10.9 Å². The topological polar surface area (TPSA) is 216 Å². The van der Waals surface area contributed by atoms with Crippen LogP contribution in [0.4, 0.5) is 14.7 Å². The largest absolute Gasteiger partial charge is 0.343 e. The first-order valence-corrected chi connectivity index (χ1v) is 19.8. The highest BCUT2D eigenvalue weighted by Crippen LogP contribution is 2.56. The molecule has 3 N–H and O–H groups in total. The van der Waals surface area contributed by atoms with Crippen molar-refractivity contribution in [2.45, 2.75) is 51.4 Å². The van der Waals surface area contributed by atoms with Gasteiger partial charge in [0.05, 0.1) is 25.7 Å². The number of hydrogen-bond donors (Lipinski definition) is 3. The second-order valence-electron chi connectivity index (χ2n) is 11.0. The summed E-state index contributed by atoms with van der Waals surface area (Å²) in [6.45, 7) is 0.115. The third-order valence-electron chi connectivity index (χ3n) is 7.34. The molecule has 5 atom stereocenters. The molecule has 1 fully saturated rings. The molecule has 0 radical (unpaired) electrons. The lowest BCUT2D eigenvalue weighted by atomic mass is 10.1. The van der Waals surface area contributed by atoms with E-state index in [2.05, 4.69) is 40.1 Å². The van der Waals surface area contributed by atoms with Crippen LogP contribution in [0.3, 0.4) is 0 Å². The first-order valence-electron chi connectivity index (χ1n) is 14.7. The van der Waals surface area contributed by atoms with Crippen molar-refractivity contribution in [1.29, 1.82) is 0 Å². The first kappa shape index (κ1) is 36.5. The number of halogens is 2. The minimum absolute atomic E-state index is 0.0511. The number of amides is 1. The molecule has 6 heterocycles. The molecule has 4 aromatic rings. The van der Waals surface area contributed by atoms with Crippen molar-refractivity contribution < 1.29 is 45.8 Å². The number of ether oxygens (including phenoxy) is 1. The molecule has 2 aliphatic heterocycles. The number of fused-ring (bicyclic) bond motifs is 6. The summed E-state index contributed by atoms with van der Waals surface area (Å²) >= 11 is 10.7. The molecule has 0 aromatic carbocycles. The highest BCUT2D eigenvalue weighted by molar-refractivity contribution is 8.07. The Hall–Kier alpha value is -3.26. The number of alkyl halides is 2. The predicted molar refractivity (Wildman–Crippen MR) is 176 cm³/mol. The van der Waals surface area contributed by atoms with Crippen LogP contribution in [0.2, 0.25) is 0 Å². The van der Waals surface area contributed by atoms with E-state index in [4.69, 9.17) is 57.5 Å². The maximum absolute atomic E-state index is 16.4. The summed E-state index contributed by atoms with van der Waals surface area (Å²) in [5.74, 6) is -5.06. The van der Waals surface area contributed by atoms with Crippen LogP contribution in [-0.4, -0.2) is 94.3 Å². The summed E-state index contributed by atoms with van der Waals surface area (Å²) in [5.41, 5.74) is -0.628. The van der Waals surface area contributed by atoms with Crippen molar-refractivity contribution in [3.05, 3.63) is 46.4 Å². The SMILES string of the molecule is [C-]#[N+]CCOP1(=S)OCCn2c(nc3cncnc32)COP(O)(=S)O[C@H]2[C@H](n3cnc4c(=O)[nH]c(NC(=O)C(C)C)nc43)O[C@H](CO1)C2(F)F. The number of carbonyl (C=O) groups is 1. The van der Waals surface area contributed by atoms with E-state index in [0.29, 0.717) is 11.2 Å². The van der Waals surface area contributed by atoms with Gasteiger partial charge in [-0.15, -0.1) is 0 Å². The second-order valence-corrected chi connectivity index (χ2v) is 16.8. The zero-order chi connectivity index (χ0) is 35.8. The van der Waals surface area contributed by atoms with E-state index in [1.807, 2.05) is 0 Å². The Bertz CT molecular complexity index is 2130. The van der Waals surface area contributed by atoms with Crippen LogP contribution in [0.25, 0.3) is 27.2 Å². The number of hydrogen-bond acceptors (Lipinski definition) is 15. The van der Waals surface area contributed by atoms with E-state index in [0.717, 1.165) is 10.9 Å². The Morgan fingerprint density at radius 3 is 2.84 bits per heavy atom. The molecule has 25 heteroatoms. The number of H-pyrrole nitrogens is 1. The molecule has 0 aliphatic carbocycles. The summed E-state index contributed by atoms with van der Waals surface area (Å²) in [6.07, 6.45) is -2.62. The van der Waals surface area contributed by atoms with Gasteiger partial charge in [-0.2, -0.15) is 4.98 Å². The van der Waals surface area contributed by atoms with Crippen LogP contribution in [0.1, 0.15) is 25.9 Å². The van der Waals surface area contributed by atoms with Gasteiger partial charge in [-0.1, -0.05) is 13.8 Å². The summed E-state index contributed by atoms with van der Waals surface area (Å²) in [5, 5.41) is 2.44. The van der Waals surface area contributed by atoms with Crippen molar-refractivity contribution in [3.63, 3.8) is 0 Å². The molecule has 4 aromatic heterocycles. The molecule has 0 spiro atoms. The van der Waals surface area contributed by atoms with Gasteiger partial charge in [0.2, 0.25) is 18.4 Å². The highest BCUT2D eigenvalue weighted by Gasteiger charge is 2.62. The van der Waals surface area contributed by atoms with Crippen LogP contribution in [0.5, 0.6) is 0 Å². The van der Waals surface area contributed by atoms with Gasteiger partial charge in [0.1, 0.15) is 30.9 Å². The Morgan fingerprint density at radius 2 is 2.08 bits per heavy atom. The average Bonchev–Trinajstić information content (AvgIpc) is 3.71. The Labute approximate surface area is 291 Å². The average molecular weight is 777 g/mol. The smallest absolute Gasteiger partial charge is 0.327 e. The fraction of sp³-hybridized carbons (Fsp3) is 0.520. The van der Waals surface area contributed by atoms with Crippen molar-refractivity contribution in [3.8, 4) is 0 Å². The van der Waals surface area contributed by atoms with Crippen molar-refractivity contribution >= 4 is 71.2 Å².